The summed E-state index contributed by atoms with van der Waals surface area (Å²) in [5.74, 6) is 1.13. The van der Waals surface area contributed by atoms with Crippen molar-refractivity contribution in [2.75, 3.05) is 0 Å². The average Bonchev–Trinajstić information content (AvgIpc) is 3.61. The summed E-state index contributed by atoms with van der Waals surface area (Å²) in [6, 6.07) is 7.80. The third-order valence-electron chi connectivity index (χ3n) is 8.50. The summed E-state index contributed by atoms with van der Waals surface area (Å²) in [6.45, 7) is 6.21. The van der Waals surface area contributed by atoms with Gasteiger partial charge in [0.1, 0.15) is 17.1 Å². The highest BCUT2D eigenvalue weighted by Gasteiger charge is 2.48. The Morgan fingerprint density at radius 2 is 1.85 bits per heavy atom. The number of carbonyl (C=O) groups is 1. The van der Waals surface area contributed by atoms with E-state index in [9.17, 15) is 15.0 Å². The lowest BCUT2D eigenvalue weighted by atomic mass is 9.76. The molecule has 1 atom stereocenters. The van der Waals surface area contributed by atoms with Crippen molar-refractivity contribution in [1.29, 1.82) is 0 Å². The van der Waals surface area contributed by atoms with Crippen molar-refractivity contribution in [3.8, 4) is 5.75 Å². The number of esters is 1. The van der Waals surface area contributed by atoms with E-state index in [0.29, 0.717) is 36.6 Å². The van der Waals surface area contributed by atoms with E-state index < -0.39 is 11.6 Å². The van der Waals surface area contributed by atoms with E-state index >= 15 is 0 Å². The van der Waals surface area contributed by atoms with Crippen LogP contribution in [-0.4, -0.2) is 41.4 Å². The molecule has 208 valence electrons. The van der Waals surface area contributed by atoms with Gasteiger partial charge in [-0.3, -0.25) is 0 Å². The molecule has 1 aromatic carbocycles. The van der Waals surface area contributed by atoms with E-state index in [0.717, 1.165) is 73.9 Å². The number of aliphatic hydroxyl groups is 1. The molecular formula is C31H40N4O4. The molecule has 1 fully saturated rings. The van der Waals surface area contributed by atoms with Crippen LogP contribution in [0, 0.1) is 5.92 Å². The summed E-state index contributed by atoms with van der Waals surface area (Å²) >= 11 is 0. The number of phenols is 1. The molecule has 1 aliphatic carbocycles. The molecule has 3 aromatic rings. The Bertz CT molecular complexity index is 1390. The molecule has 0 radical (unpaired) electrons. The van der Waals surface area contributed by atoms with Crippen LogP contribution in [0.15, 0.2) is 35.6 Å². The topological polar surface area (TPSA) is 110 Å². The molecule has 2 aliphatic rings. The second kappa shape index (κ2) is 11.4. The van der Waals surface area contributed by atoms with Gasteiger partial charge in [-0.25, -0.2) is 14.3 Å². The van der Waals surface area contributed by atoms with Crippen LogP contribution < -0.4 is 0 Å². The van der Waals surface area contributed by atoms with Gasteiger partial charge >= 0.3 is 5.97 Å². The Morgan fingerprint density at radius 3 is 2.54 bits per heavy atom. The molecule has 1 unspecified atom stereocenters. The minimum absolute atomic E-state index is 0.0901. The Labute approximate surface area is 230 Å². The van der Waals surface area contributed by atoms with E-state index in [1.54, 1.807) is 10.6 Å². The van der Waals surface area contributed by atoms with Gasteiger partial charge in [0.15, 0.2) is 5.82 Å². The Kier molecular flexibility index (Phi) is 7.91. The maximum atomic E-state index is 13.5. The molecule has 8 heteroatoms. The summed E-state index contributed by atoms with van der Waals surface area (Å²) in [4.78, 5) is 22.6. The first kappa shape index (κ1) is 27.2. The van der Waals surface area contributed by atoms with Gasteiger partial charge in [-0.15, -0.1) is 5.10 Å². The lowest BCUT2D eigenvalue weighted by Crippen LogP contribution is -2.46. The standard InChI is InChI=1S/C31H40N4O4/c1-4-9-21-16-20(12-13-26(21)36)14-15-31(22-10-7-8-11-22)19-27(37)25(29(38)39-31)18-28-33-30-32-23(5-2)17-24(6-3)35(30)34-28/h12-13,16-17,22,36-37H,4-11,14-15,18-19H2,1-3H3. The largest absolute Gasteiger partial charge is 0.512 e. The number of hydrogen-bond donors (Lipinski definition) is 2. The summed E-state index contributed by atoms with van der Waals surface area (Å²) < 4.78 is 8.04. The van der Waals surface area contributed by atoms with E-state index in [2.05, 4.69) is 41.9 Å². The zero-order valence-corrected chi connectivity index (χ0v) is 23.4. The summed E-state index contributed by atoms with van der Waals surface area (Å²) in [5, 5.41) is 26.1. The van der Waals surface area contributed by atoms with Crippen LogP contribution in [0.1, 0.15) is 94.1 Å². The quantitative estimate of drug-likeness (QED) is 0.319. The van der Waals surface area contributed by atoms with Crippen LogP contribution in [-0.2, 0) is 41.6 Å². The zero-order chi connectivity index (χ0) is 27.6. The van der Waals surface area contributed by atoms with Crippen molar-refractivity contribution in [3.05, 3.63) is 63.9 Å². The number of aliphatic hydroxyl groups excluding tert-OH is 1. The second-order valence-corrected chi connectivity index (χ2v) is 11.1. The van der Waals surface area contributed by atoms with Crippen molar-refractivity contribution in [1.82, 2.24) is 19.6 Å². The molecular weight excluding hydrogens is 492 g/mol. The number of cyclic esters (lactones) is 1. The molecule has 1 saturated carbocycles. The van der Waals surface area contributed by atoms with Gasteiger partial charge in [0.25, 0.3) is 5.78 Å². The fraction of sp³-hybridized carbons (Fsp3) is 0.548. The Hall–Kier alpha value is -3.42. The summed E-state index contributed by atoms with van der Waals surface area (Å²) in [5.41, 5.74) is 3.53. The number of aryl methyl sites for hydroxylation is 4. The highest BCUT2D eigenvalue weighted by atomic mass is 16.6. The molecule has 8 nitrogen and oxygen atoms in total. The number of fused-ring (bicyclic) bond motifs is 1. The van der Waals surface area contributed by atoms with E-state index in [-0.39, 0.29) is 23.7 Å². The van der Waals surface area contributed by atoms with Crippen molar-refractivity contribution >= 4 is 11.7 Å². The number of benzene rings is 1. The molecule has 5 rings (SSSR count). The highest BCUT2D eigenvalue weighted by Crippen LogP contribution is 2.46. The highest BCUT2D eigenvalue weighted by molar-refractivity contribution is 5.90. The minimum atomic E-state index is -0.733. The smallest absolute Gasteiger partial charge is 0.338 e. The molecule has 0 bridgehead atoms. The van der Waals surface area contributed by atoms with Crippen molar-refractivity contribution < 1.29 is 19.7 Å². The summed E-state index contributed by atoms with van der Waals surface area (Å²) in [6.07, 6.45) is 9.33. The average molecular weight is 533 g/mol. The van der Waals surface area contributed by atoms with Crippen molar-refractivity contribution in [3.63, 3.8) is 0 Å². The lowest BCUT2D eigenvalue weighted by molar-refractivity contribution is -0.167. The predicted molar refractivity (Wildman–Crippen MR) is 149 cm³/mol. The van der Waals surface area contributed by atoms with Gasteiger partial charge in [0, 0.05) is 24.2 Å². The normalized spacial score (nSPS) is 20.2. The molecule has 39 heavy (non-hydrogen) atoms. The van der Waals surface area contributed by atoms with E-state index in [4.69, 9.17) is 4.74 Å². The number of ether oxygens (including phenoxy) is 1. The van der Waals surface area contributed by atoms with Crippen molar-refractivity contribution in [2.24, 2.45) is 5.92 Å². The van der Waals surface area contributed by atoms with Crippen molar-refractivity contribution in [2.45, 2.75) is 103 Å². The van der Waals surface area contributed by atoms with Gasteiger partial charge in [0.05, 0.1) is 5.57 Å². The van der Waals surface area contributed by atoms with Gasteiger partial charge in [-0.05, 0) is 74.1 Å². The van der Waals surface area contributed by atoms with Gasteiger partial charge in [0.2, 0.25) is 0 Å². The third-order valence-corrected chi connectivity index (χ3v) is 8.50. The van der Waals surface area contributed by atoms with Gasteiger partial charge < -0.3 is 14.9 Å². The summed E-state index contributed by atoms with van der Waals surface area (Å²) in [7, 11) is 0. The van der Waals surface area contributed by atoms with Crippen LogP contribution in [0.2, 0.25) is 0 Å². The van der Waals surface area contributed by atoms with Crippen LogP contribution in [0.25, 0.3) is 5.78 Å². The first-order chi connectivity index (χ1) is 18.9. The minimum Gasteiger partial charge on any atom is -0.512 e. The van der Waals surface area contributed by atoms with Gasteiger partial charge in [-0.1, -0.05) is 52.2 Å². The number of aromatic nitrogens is 4. The van der Waals surface area contributed by atoms with E-state index in [1.165, 1.54) is 0 Å². The van der Waals surface area contributed by atoms with Crippen LogP contribution in [0.4, 0.5) is 0 Å². The number of phenolic OH excluding ortho intramolecular Hbond substituents is 1. The molecule has 2 aromatic heterocycles. The Morgan fingerprint density at radius 1 is 1.05 bits per heavy atom. The van der Waals surface area contributed by atoms with Crippen LogP contribution in [0.3, 0.4) is 0 Å². The molecule has 0 amide bonds. The van der Waals surface area contributed by atoms with Crippen LogP contribution >= 0.6 is 0 Å². The predicted octanol–water partition coefficient (Wildman–Crippen LogP) is 5.77. The van der Waals surface area contributed by atoms with Gasteiger partial charge in [-0.2, -0.15) is 4.98 Å². The number of nitrogens with zero attached hydrogens (tertiary/aromatic N) is 4. The molecule has 2 N–H and O–H groups in total. The molecule has 0 spiro atoms. The fourth-order valence-electron chi connectivity index (χ4n) is 6.30. The molecule has 3 heterocycles. The number of aromatic hydroxyl groups is 1. The molecule has 1 aliphatic heterocycles. The first-order valence-corrected chi connectivity index (χ1v) is 14.5. The zero-order valence-electron chi connectivity index (χ0n) is 23.4. The van der Waals surface area contributed by atoms with E-state index in [1.807, 2.05) is 12.1 Å². The number of carbonyl (C=O) groups excluding carboxylic acids is 1. The third kappa shape index (κ3) is 5.52. The van der Waals surface area contributed by atoms with Crippen LogP contribution in [0.5, 0.6) is 5.75 Å². The number of hydrogen-bond acceptors (Lipinski definition) is 7. The number of rotatable bonds is 10. The molecule has 0 saturated heterocycles. The fourth-order valence-corrected chi connectivity index (χ4v) is 6.30. The lowest BCUT2D eigenvalue weighted by Gasteiger charge is -2.41. The monoisotopic (exact) mass is 532 g/mol. The maximum absolute atomic E-state index is 13.5. The second-order valence-electron chi connectivity index (χ2n) is 11.1. The first-order valence-electron chi connectivity index (χ1n) is 14.5. The maximum Gasteiger partial charge on any atom is 0.338 e. The Balaban J connectivity index is 1.40. The SMILES string of the molecule is CCCc1cc(CCC2(C3CCCC3)CC(O)=C(Cc3nc4nc(CC)cc(CC)n4n3)C(=O)O2)ccc1O.